The molecule has 7 heteroatoms. The summed E-state index contributed by atoms with van der Waals surface area (Å²) < 4.78 is 10.4. The van der Waals surface area contributed by atoms with Crippen LogP contribution in [0.2, 0.25) is 0 Å². The fraction of sp³-hybridized carbons (Fsp3) is 0.235. The van der Waals surface area contributed by atoms with Gasteiger partial charge in [0.25, 0.3) is 11.6 Å². The Balaban J connectivity index is 2.17. The van der Waals surface area contributed by atoms with Crippen LogP contribution in [0.25, 0.3) is 0 Å². The Morgan fingerprint density at radius 3 is 2.50 bits per heavy atom. The Morgan fingerprint density at radius 1 is 1.17 bits per heavy atom. The number of methoxy groups -OCH3 is 2. The van der Waals surface area contributed by atoms with Crippen LogP contribution < -0.4 is 14.8 Å². The summed E-state index contributed by atoms with van der Waals surface area (Å²) in [5, 5.41) is 13.9. The highest BCUT2D eigenvalue weighted by atomic mass is 16.6. The monoisotopic (exact) mass is 330 g/mol. The molecular formula is C17H18N2O5. The summed E-state index contributed by atoms with van der Waals surface area (Å²) in [6.07, 6.45) is 0. The van der Waals surface area contributed by atoms with Crippen molar-refractivity contribution in [1.29, 1.82) is 0 Å². The van der Waals surface area contributed by atoms with Crippen LogP contribution in [0.15, 0.2) is 36.4 Å². The summed E-state index contributed by atoms with van der Waals surface area (Å²) in [5.41, 5.74) is 1.10. The van der Waals surface area contributed by atoms with E-state index in [0.717, 1.165) is 5.56 Å². The molecule has 1 N–H and O–H groups in total. The molecule has 0 unspecified atom stereocenters. The number of amides is 1. The molecule has 2 aromatic carbocycles. The van der Waals surface area contributed by atoms with Crippen molar-refractivity contribution in [2.45, 2.75) is 13.5 Å². The van der Waals surface area contributed by atoms with Crippen molar-refractivity contribution in [2.24, 2.45) is 0 Å². The third-order valence-electron chi connectivity index (χ3n) is 3.57. The molecule has 0 bridgehead atoms. The number of hydrogen-bond donors (Lipinski definition) is 1. The van der Waals surface area contributed by atoms with E-state index in [4.69, 9.17) is 9.47 Å². The van der Waals surface area contributed by atoms with Gasteiger partial charge in [-0.05, 0) is 30.7 Å². The molecule has 0 heterocycles. The molecule has 0 saturated heterocycles. The Morgan fingerprint density at radius 2 is 1.88 bits per heavy atom. The third-order valence-corrected chi connectivity index (χ3v) is 3.57. The van der Waals surface area contributed by atoms with Crippen LogP contribution in [0.4, 0.5) is 5.69 Å². The van der Waals surface area contributed by atoms with Crippen molar-refractivity contribution in [3.8, 4) is 11.5 Å². The van der Waals surface area contributed by atoms with Gasteiger partial charge in [-0.2, -0.15) is 0 Å². The molecule has 0 fully saturated rings. The minimum absolute atomic E-state index is 0.0421. The number of carbonyl (C=O) groups excluding carboxylic acids is 1. The Labute approximate surface area is 139 Å². The number of carbonyl (C=O) groups is 1. The van der Waals surface area contributed by atoms with Gasteiger partial charge in [-0.15, -0.1) is 0 Å². The average molecular weight is 330 g/mol. The molecule has 0 atom stereocenters. The molecule has 0 saturated carbocycles. The maximum atomic E-state index is 12.3. The molecule has 0 spiro atoms. The SMILES string of the molecule is COc1ccc(CNC(=O)c2cccc(C)c2[N+](=O)[O-])cc1OC. The summed E-state index contributed by atoms with van der Waals surface area (Å²) in [5.74, 6) is 0.632. The summed E-state index contributed by atoms with van der Waals surface area (Å²) in [6, 6.07) is 9.91. The number of para-hydroxylation sites is 1. The number of nitrogens with one attached hydrogen (secondary N) is 1. The minimum Gasteiger partial charge on any atom is -0.493 e. The number of benzene rings is 2. The Kier molecular flexibility index (Phi) is 5.36. The third kappa shape index (κ3) is 3.62. The van der Waals surface area contributed by atoms with Crippen LogP contribution in [0, 0.1) is 17.0 Å². The zero-order valence-corrected chi connectivity index (χ0v) is 13.7. The fourth-order valence-electron chi connectivity index (χ4n) is 2.35. The first-order valence-corrected chi connectivity index (χ1v) is 7.21. The van der Waals surface area contributed by atoms with Crippen LogP contribution in [-0.4, -0.2) is 25.1 Å². The van der Waals surface area contributed by atoms with Gasteiger partial charge >= 0.3 is 0 Å². The number of rotatable bonds is 6. The van der Waals surface area contributed by atoms with Crippen LogP contribution in [-0.2, 0) is 6.54 Å². The predicted octanol–water partition coefficient (Wildman–Crippen LogP) is 2.85. The Bertz CT molecular complexity index is 774. The predicted molar refractivity (Wildman–Crippen MR) is 88.5 cm³/mol. The molecular weight excluding hydrogens is 312 g/mol. The maximum absolute atomic E-state index is 12.3. The fourth-order valence-corrected chi connectivity index (χ4v) is 2.35. The maximum Gasteiger partial charge on any atom is 0.285 e. The van der Waals surface area contributed by atoms with Crippen LogP contribution >= 0.6 is 0 Å². The van der Waals surface area contributed by atoms with Crippen LogP contribution in [0.3, 0.4) is 0 Å². The van der Waals surface area contributed by atoms with Crippen molar-refractivity contribution in [1.82, 2.24) is 5.32 Å². The van der Waals surface area contributed by atoms with Crippen LogP contribution in [0.5, 0.6) is 11.5 Å². The number of ether oxygens (including phenoxy) is 2. The lowest BCUT2D eigenvalue weighted by Gasteiger charge is -2.11. The molecule has 24 heavy (non-hydrogen) atoms. The molecule has 0 aliphatic heterocycles. The van der Waals surface area contributed by atoms with Crippen molar-refractivity contribution < 1.29 is 19.2 Å². The van der Waals surface area contributed by atoms with E-state index in [0.29, 0.717) is 17.1 Å². The molecule has 126 valence electrons. The van der Waals surface area contributed by atoms with Gasteiger partial charge in [0.1, 0.15) is 5.56 Å². The summed E-state index contributed by atoms with van der Waals surface area (Å²) in [7, 11) is 3.06. The van der Waals surface area contributed by atoms with Crippen molar-refractivity contribution in [3.05, 3.63) is 63.2 Å². The summed E-state index contributed by atoms with van der Waals surface area (Å²) >= 11 is 0. The van der Waals surface area contributed by atoms with Gasteiger partial charge in [-0.25, -0.2) is 0 Å². The number of hydrogen-bond acceptors (Lipinski definition) is 5. The number of nitro benzene ring substituents is 1. The second-order valence-corrected chi connectivity index (χ2v) is 5.10. The largest absolute Gasteiger partial charge is 0.493 e. The zero-order chi connectivity index (χ0) is 17.7. The van der Waals surface area contributed by atoms with Gasteiger partial charge in [-0.3, -0.25) is 14.9 Å². The molecule has 0 aliphatic rings. The van der Waals surface area contributed by atoms with E-state index in [1.807, 2.05) is 0 Å². The number of nitrogens with zero attached hydrogens (tertiary/aromatic N) is 1. The lowest BCUT2D eigenvalue weighted by molar-refractivity contribution is -0.385. The minimum atomic E-state index is -0.541. The van der Waals surface area contributed by atoms with Gasteiger partial charge in [-0.1, -0.05) is 18.2 Å². The van der Waals surface area contributed by atoms with Gasteiger partial charge in [0.2, 0.25) is 0 Å². The summed E-state index contributed by atoms with van der Waals surface area (Å²) in [4.78, 5) is 22.9. The number of nitro groups is 1. The van der Waals surface area contributed by atoms with Gasteiger partial charge in [0, 0.05) is 12.1 Å². The van der Waals surface area contributed by atoms with Crippen molar-refractivity contribution in [2.75, 3.05) is 14.2 Å². The second kappa shape index (κ2) is 7.45. The van der Waals surface area contributed by atoms with E-state index in [9.17, 15) is 14.9 Å². The van der Waals surface area contributed by atoms with E-state index >= 15 is 0 Å². The highest BCUT2D eigenvalue weighted by Crippen LogP contribution is 2.27. The topological polar surface area (TPSA) is 90.7 Å². The van der Waals surface area contributed by atoms with Crippen LogP contribution in [0.1, 0.15) is 21.5 Å². The lowest BCUT2D eigenvalue weighted by Crippen LogP contribution is -2.24. The lowest BCUT2D eigenvalue weighted by atomic mass is 10.1. The number of aryl methyl sites for hydroxylation is 1. The van der Waals surface area contributed by atoms with Crippen molar-refractivity contribution in [3.63, 3.8) is 0 Å². The first-order valence-electron chi connectivity index (χ1n) is 7.21. The van der Waals surface area contributed by atoms with Crippen molar-refractivity contribution >= 4 is 11.6 Å². The molecule has 1 amide bonds. The summed E-state index contributed by atoms with van der Waals surface area (Å²) in [6.45, 7) is 1.81. The molecule has 2 aromatic rings. The Hall–Kier alpha value is -3.09. The molecule has 0 aromatic heterocycles. The first kappa shape index (κ1) is 17.3. The highest BCUT2D eigenvalue weighted by molar-refractivity contribution is 5.98. The quantitative estimate of drug-likeness (QED) is 0.649. The standard InChI is InChI=1S/C17H18N2O5/c1-11-5-4-6-13(16(11)19(21)22)17(20)18-10-12-7-8-14(23-2)15(9-12)24-3/h4-9H,10H2,1-3H3,(H,18,20). The molecule has 0 aliphatic carbocycles. The molecule has 0 radical (unpaired) electrons. The molecule has 2 rings (SSSR count). The normalized spacial score (nSPS) is 10.1. The highest BCUT2D eigenvalue weighted by Gasteiger charge is 2.22. The zero-order valence-electron chi connectivity index (χ0n) is 13.7. The second-order valence-electron chi connectivity index (χ2n) is 5.10. The van der Waals surface area contributed by atoms with E-state index in [1.165, 1.54) is 20.3 Å². The van der Waals surface area contributed by atoms with E-state index in [-0.39, 0.29) is 17.8 Å². The van der Waals surface area contributed by atoms with E-state index < -0.39 is 10.8 Å². The van der Waals surface area contributed by atoms with Gasteiger partial charge in [0.15, 0.2) is 11.5 Å². The molecule has 7 nitrogen and oxygen atoms in total. The van der Waals surface area contributed by atoms with E-state index in [2.05, 4.69) is 5.32 Å². The van der Waals surface area contributed by atoms with Gasteiger partial charge < -0.3 is 14.8 Å². The van der Waals surface area contributed by atoms with E-state index in [1.54, 1.807) is 37.3 Å². The smallest absolute Gasteiger partial charge is 0.285 e. The average Bonchev–Trinajstić information content (AvgIpc) is 2.58. The first-order chi connectivity index (χ1) is 11.5. The van der Waals surface area contributed by atoms with Gasteiger partial charge in [0.05, 0.1) is 19.1 Å².